The smallest absolute Gasteiger partial charge is 0.321 e. The number of halogens is 1. The molecule has 7 heteroatoms. The topological polar surface area (TPSA) is 57.0 Å². The Morgan fingerprint density at radius 1 is 1.19 bits per heavy atom. The zero-order valence-corrected chi connectivity index (χ0v) is 17.5. The summed E-state index contributed by atoms with van der Waals surface area (Å²) in [6.45, 7) is 5.78. The second kappa shape index (κ2) is 7.40. The number of methoxy groups -OCH3 is 1. The summed E-state index contributed by atoms with van der Waals surface area (Å²) in [4.78, 5) is 12.1. The third-order valence-corrected chi connectivity index (χ3v) is 5.87. The predicted octanol–water partition coefficient (Wildman–Crippen LogP) is 4.79. The van der Waals surface area contributed by atoms with Crippen molar-refractivity contribution >= 4 is 44.4 Å². The van der Waals surface area contributed by atoms with Gasteiger partial charge in [0.2, 0.25) is 4.73 Å². The number of aromatic nitrogens is 3. The second-order valence-corrected chi connectivity index (χ2v) is 8.63. The minimum absolute atomic E-state index is 0.306. The molecule has 0 saturated carbocycles. The van der Waals surface area contributed by atoms with E-state index in [9.17, 15) is 4.79 Å². The van der Waals surface area contributed by atoms with Gasteiger partial charge < -0.3 is 4.74 Å². The van der Waals surface area contributed by atoms with Gasteiger partial charge in [0.1, 0.15) is 4.75 Å². The Labute approximate surface area is 165 Å². The first kappa shape index (κ1) is 18.9. The SMILES string of the molecule is CCc1ccc(-n2c(Br)nnc2SC(C)(C)C(=O)OC)c2ccccc12. The molecule has 0 amide bonds. The highest BCUT2D eigenvalue weighted by atomic mass is 79.9. The van der Waals surface area contributed by atoms with Gasteiger partial charge in [-0.15, -0.1) is 10.2 Å². The molecule has 1 aromatic heterocycles. The molecular formula is C19H20BrN3O2S. The molecule has 3 aromatic rings. The van der Waals surface area contributed by atoms with Gasteiger partial charge >= 0.3 is 5.97 Å². The van der Waals surface area contributed by atoms with Crippen LogP contribution in [-0.2, 0) is 16.0 Å². The summed E-state index contributed by atoms with van der Waals surface area (Å²) in [5.74, 6) is -0.306. The number of nitrogens with zero attached hydrogens (tertiary/aromatic N) is 3. The van der Waals surface area contributed by atoms with Crippen LogP contribution in [0.25, 0.3) is 16.5 Å². The largest absolute Gasteiger partial charge is 0.468 e. The molecule has 136 valence electrons. The van der Waals surface area contributed by atoms with E-state index in [1.54, 1.807) is 0 Å². The highest BCUT2D eigenvalue weighted by Crippen LogP contribution is 2.37. The van der Waals surface area contributed by atoms with E-state index in [-0.39, 0.29) is 5.97 Å². The van der Waals surface area contributed by atoms with Crippen molar-refractivity contribution in [2.45, 2.75) is 37.1 Å². The normalized spacial score (nSPS) is 11.7. The molecular weight excluding hydrogens is 414 g/mol. The molecule has 0 bridgehead atoms. The molecule has 1 heterocycles. The Morgan fingerprint density at radius 2 is 1.88 bits per heavy atom. The second-order valence-electron chi connectivity index (χ2n) is 6.33. The van der Waals surface area contributed by atoms with Crippen molar-refractivity contribution in [3.63, 3.8) is 0 Å². The van der Waals surface area contributed by atoms with Crippen LogP contribution in [0.3, 0.4) is 0 Å². The Bertz CT molecular complexity index is 969. The van der Waals surface area contributed by atoms with E-state index in [0.29, 0.717) is 9.89 Å². The lowest BCUT2D eigenvalue weighted by Gasteiger charge is -2.21. The maximum absolute atomic E-state index is 12.1. The fraction of sp³-hybridized carbons (Fsp3) is 0.316. The summed E-state index contributed by atoms with van der Waals surface area (Å²) >= 11 is 4.82. The van der Waals surface area contributed by atoms with Gasteiger partial charge in [0, 0.05) is 5.39 Å². The molecule has 5 nitrogen and oxygen atoms in total. The van der Waals surface area contributed by atoms with Gasteiger partial charge in [-0.2, -0.15) is 0 Å². The first-order valence-corrected chi connectivity index (χ1v) is 9.89. The molecule has 0 N–H and O–H groups in total. The van der Waals surface area contributed by atoms with Crippen LogP contribution in [-0.4, -0.2) is 32.6 Å². The molecule has 0 unspecified atom stereocenters. The van der Waals surface area contributed by atoms with Gasteiger partial charge in [0.05, 0.1) is 12.8 Å². The summed E-state index contributed by atoms with van der Waals surface area (Å²) in [5, 5.41) is 11.4. The fourth-order valence-corrected chi connectivity index (χ4v) is 4.42. The molecule has 0 aliphatic rings. The van der Waals surface area contributed by atoms with Crippen molar-refractivity contribution in [2.75, 3.05) is 7.11 Å². The fourth-order valence-electron chi connectivity index (χ4n) is 2.89. The molecule has 0 aliphatic carbocycles. The Morgan fingerprint density at radius 3 is 2.54 bits per heavy atom. The van der Waals surface area contributed by atoms with Crippen LogP contribution in [0.2, 0.25) is 0 Å². The average molecular weight is 434 g/mol. The Kier molecular flexibility index (Phi) is 5.39. The quantitative estimate of drug-likeness (QED) is 0.427. The Hall–Kier alpha value is -1.86. The lowest BCUT2D eigenvalue weighted by Crippen LogP contribution is -2.29. The number of aryl methyl sites for hydroxylation is 1. The first-order valence-electron chi connectivity index (χ1n) is 8.28. The van der Waals surface area contributed by atoms with Gasteiger partial charge in [0.15, 0.2) is 5.16 Å². The number of fused-ring (bicyclic) bond motifs is 1. The average Bonchev–Trinajstić information content (AvgIpc) is 2.99. The van der Waals surface area contributed by atoms with Crippen molar-refractivity contribution < 1.29 is 9.53 Å². The molecule has 2 aromatic carbocycles. The van der Waals surface area contributed by atoms with Crippen LogP contribution in [0.15, 0.2) is 46.3 Å². The van der Waals surface area contributed by atoms with E-state index in [1.165, 1.54) is 29.8 Å². The van der Waals surface area contributed by atoms with Crippen molar-refractivity contribution in [1.29, 1.82) is 0 Å². The van der Waals surface area contributed by atoms with Gasteiger partial charge in [-0.05, 0) is 53.2 Å². The lowest BCUT2D eigenvalue weighted by molar-refractivity contribution is -0.142. The zero-order chi connectivity index (χ0) is 18.9. The Balaban J connectivity index is 2.16. The van der Waals surface area contributed by atoms with Gasteiger partial charge in [-0.1, -0.05) is 49.0 Å². The van der Waals surface area contributed by atoms with Crippen molar-refractivity contribution in [3.05, 3.63) is 46.7 Å². The summed E-state index contributed by atoms with van der Waals surface area (Å²) in [7, 11) is 1.39. The minimum atomic E-state index is -0.780. The van der Waals surface area contributed by atoms with Gasteiger partial charge in [0.25, 0.3) is 0 Å². The molecule has 0 fully saturated rings. The third kappa shape index (κ3) is 3.38. The molecule has 3 rings (SSSR count). The zero-order valence-electron chi connectivity index (χ0n) is 15.1. The summed E-state index contributed by atoms with van der Waals surface area (Å²) in [6.07, 6.45) is 0.959. The lowest BCUT2D eigenvalue weighted by atomic mass is 10.0. The number of esters is 1. The first-order chi connectivity index (χ1) is 12.4. The van der Waals surface area contributed by atoms with Crippen molar-refractivity contribution in [2.24, 2.45) is 0 Å². The number of carbonyl (C=O) groups excluding carboxylic acids is 1. The number of ether oxygens (including phenoxy) is 1. The number of carbonyl (C=O) groups is 1. The van der Waals surface area contributed by atoms with Crippen LogP contribution >= 0.6 is 27.7 Å². The van der Waals surface area contributed by atoms with E-state index < -0.39 is 4.75 Å². The number of hydrogen-bond acceptors (Lipinski definition) is 5. The maximum Gasteiger partial charge on any atom is 0.321 e. The van der Waals surface area contributed by atoms with Crippen LogP contribution in [0.4, 0.5) is 0 Å². The number of hydrogen-bond donors (Lipinski definition) is 0. The molecule has 0 aliphatic heterocycles. The van der Waals surface area contributed by atoms with E-state index in [4.69, 9.17) is 4.74 Å². The van der Waals surface area contributed by atoms with Gasteiger partial charge in [-0.3, -0.25) is 9.36 Å². The number of thioether (sulfide) groups is 1. The van der Waals surface area contributed by atoms with Crippen LogP contribution in [0.1, 0.15) is 26.3 Å². The van der Waals surface area contributed by atoms with Crippen molar-refractivity contribution in [1.82, 2.24) is 14.8 Å². The molecule has 0 spiro atoms. The molecule has 0 atom stereocenters. The monoisotopic (exact) mass is 433 g/mol. The van der Waals surface area contributed by atoms with E-state index in [0.717, 1.165) is 17.5 Å². The van der Waals surface area contributed by atoms with Crippen LogP contribution in [0, 0.1) is 0 Å². The molecule has 26 heavy (non-hydrogen) atoms. The minimum Gasteiger partial charge on any atom is -0.468 e. The third-order valence-electron chi connectivity index (χ3n) is 4.23. The summed E-state index contributed by atoms with van der Waals surface area (Å²) in [6, 6.07) is 12.5. The number of benzene rings is 2. The van der Waals surface area contributed by atoms with E-state index in [1.807, 2.05) is 30.5 Å². The van der Waals surface area contributed by atoms with Crippen LogP contribution in [0.5, 0.6) is 0 Å². The molecule has 0 radical (unpaired) electrons. The van der Waals surface area contributed by atoms with Gasteiger partial charge in [-0.25, -0.2) is 0 Å². The maximum atomic E-state index is 12.1. The highest BCUT2D eigenvalue weighted by Gasteiger charge is 2.33. The standard InChI is InChI=1S/C19H20BrN3O2S/c1-5-12-10-11-15(14-9-7-6-8-13(12)14)23-17(20)21-22-18(23)26-19(2,3)16(24)25-4/h6-11H,5H2,1-4H3. The summed E-state index contributed by atoms with van der Waals surface area (Å²) in [5.41, 5.74) is 2.26. The van der Waals surface area contributed by atoms with Crippen LogP contribution < -0.4 is 0 Å². The predicted molar refractivity (Wildman–Crippen MR) is 108 cm³/mol. The highest BCUT2D eigenvalue weighted by molar-refractivity contribution is 9.10. The van der Waals surface area contributed by atoms with Crippen molar-refractivity contribution in [3.8, 4) is 5.69 Å². The molecule has 0 saturated heterocycles. The summed E-state index contributed by atoms with van der Waals surface area (Å²) < 4.78 is 6.65. The van der Waals surface area contributed by atoms with E-state index >= 15 is 0 Å². The number of rotatable bonds is 5. The van der Waals surface area contributed by atoms with E-state index in [2.05, 4.69) is 57.3 Å².